The van der Waals surface area contributed by atoms with Crippen molar-refractivity contribution in [3.8, 4) is 5.75 Å². The molecule has 0 aliphatic carbocycles. The Bertz CT molecular complexity index is 525. The number of H-pyrrole nitrogens is 1. The Balaban J connectivity index is 1.89. The van der Waals surface area contributed by atoms with Crippen molar-refractivity contribution in [2.75, 3.05) is 19.0 Å². The summed E-state index contributed by atoms with van der Waals surface area (Å²) >= 11 is 0. The number of nitrogens with zero attached hydrogens (tertiary/aromatic N) is 1. The SMILES string of the molecule is CNC(=O)COc1cccc(NCc2cnc[nH]2)c1. The van der Waals surface area contributed by atoms with Gasteiger partial charge in [-0.2, -0.15) is 0 Å². The largest absolute Gasteiger partial charge is 0.484 e. The number of benzene rings is 1. The third-order valence-corrected chi connectivity index (χ3v) is 2.52. The van der Waals surface area contributed by atoms with Gasteiger partial charge in [-0.05, 0) is 12.1 Å². The molecule has 2 aromatic rings. The molecule has 19 heavy (non-hydrogen) atoms. The molecule has 3 N–H and O–H groups in total. The van der Waals surface area contributed by atoms with Crippen LogP contribution in [0.1, 0.15) is 5.69 Å². The van der Waals surface area contributed by atoms with Gasteiger partial charge in [-0.1, -0.05) is 6.07 Å². The fourth-order valence-corrected chi connectivity index (χ4v) is 1.50. The number of amides is 1. The zero-order valence-electron chi connectivity index (χ0n) is 10.6. The Labute approximate surface area is 111 Å². The molecule has 1 amide bonds. The standard InChI is InChI=1S/C13H16N4O2/c1-14-13(18)8-19-12-4-2-3-10(5-12)16-7-11-6-15-9-17-11/h2-6,9,16H,7-8H2,1H3,(H,14,18)(H,15,17). The van der Waals surface area contributed by atoms with Crippen molar-refractivity contribution in [2.45, 2.75) is 6.54 Å². The van der Waals surface area contributed by atoms with Crippen LogP contribution in [0.25, 0.3) is 0 Å². The molecule has 1 aromatic heterocycles. The number of rotatable bonds is 6. The van der Waals surface area contributed by atoms with Crippen LogP contribution in [0, 0.1) is 0 Å². The second-order valence-electron chi connectivity index (χ2n) is 3.92. The molecule has 0 saturated carbocycles. The molecule has 0 bridgehead atoms. The van der Waals surface area contributed by atoms with Crippen LogP contribution in [0.5, 0.6) is 5.75 Å². The summed E-state index contributed by atoms with van der Waals surface area (Å²) in [5.74, 6) is 0.494. The van der Waals surface area contributed by atoms with Gasteiger partial charge in [0.25, 0.3) is 5.91 Å². The van der Waals surface area contributed by atoms with Crippen LogP contribution in [0.4, 0.5) is 5.69 Å². The van der Waals surface area contributed by atoms with Gasteiger partial charge in [0.05, 0.1) is 18.6 Å². The van der Waals surface area contributed by atoms with E-state index in [0.717, 1.165) is 11.4 Å². The van der Waals surface area contributed by atoms with Gasteiger partial charge < -0.3 is 20.4 Å². The number of anilines is 1. The van der Waals surface area contributed by atoms with Crippen LogP contribution in [0.3, 0.4) is 0 Å². The topological polar surface area (TPSA) is 79.0 Å². The monoisotopic (exact) mass is 260 g/mol. The van der Waals surface area contributed by atoms with Gasteiger partial charge in [0, 0.05) is 25.0 Å². The molecule has 1 heterocycles. The highest BCUT2D eigenvalue weighted by atomic mass is 16.5. The number of ether oxygens (including phenoxy) is 1. The van der Waals surface area contributed by atoms with Crippen LogP contribution in [0.15, 0.2) is 36.8 Å². The molecule has 0 fully saturated rings. The molecule has 0 aliphatic heterocycles. The molecule has 1 aromatic carbocycles. The fraction of sp³-hybridized carbons (Fsp3) is 0.231. The molecule has 0 unspecified atom stereocenters. The highest BCUT2D eigenvalue weighted by molar-refractivity contribution is 5.77. The molecule has 0 radical (unpaired) electrons. The number of imidazole rings is 1. The first-order valence-electron chi connectivity index (χ1n) is 5.92. The predicted octanol–water partition coefficient (Wildman–Crippen LogP) is 1.15. The van der Waals surface area contributed by atoms with Crippen LogP contribution >= 0.6 is 0 Å². The maximum atomic E-state index is 11.1. The second kappa shape index (κ2) is 6.44. The minimum Gasteiger partial charge on any atom is -0.484 e. The summed E-state index contributed by atoms with van der Waals surface area (Å²) in [5.41, 5.74) is 1.92. The lowest BCUT2D eigenvalue weighted by atomic mass is 10.3. The van der Waals surface area contributed by atoms with E-state index in [1.54, 1.807) is 19.6 Å². The molecule has 0 spiro atoms. The summed E-state index contributed by atoms with van der Waals surface area (Å²) in [5, 5.41) is 5.74. The number of carbonyl (C=O) groups is 1. The first-order chi connectivity index (χ1) is 9.28. The zero-order valence-corrected chi connectivity index (χ0v) is 10.6. The van der Waals surface area contributed by atoms with Crippen molar-refractivity contribution >= 4 is 11.6 Å². The summed E-state index contributed by atoms with van der Waals surface area (Å²) in [4.78, 5) is 18.0. The smallest absolute Gasteiger partial charge is 0.257 e. The highest BCUT2D eigenvalue weighted by Crippen LogP contribution is 2.17. The van der Waals surface area contributed by atoms with Crippen molar-refractivity contribution in [3.63, 3.8) is 0 Å². The number of aromatic nitrogens is 2. The lowest BCUT2D eigenvalue weighted by molar-refractivity contribution is -0.122. The summed E-state index contributed by atoms with van der Waals surface area (Å²) in [7, 11) is 1.58. The molecule has 0 saturated heterocycles. The maximum Gasteiger partial charge on any atom is 0.257 e. The molecule has 6 heteroatoms. The van der Waals surface area contributed by atoms with E-state index in [0.29, 0.717) is 12.3 Å². The quantitative estimate of drug-likeness (QED) is 0.728. The summed E-state index contributed by atoms with van der Waals surface area (Å²) in [6.45, 7) is 0.666. The first kappa shape index (κ1) is 12.9. The molecule has 6 nitrogen and oxygen atoms in total. The molecule has 100 valence electrons. The minimum atomic E-state index is -0.157. The lowest BCUT2D eigenvalue weighted by Crippen LogP contribution is -2.24. The Morgan fingerprint density at radius 1 is 1.47 bits per heavy atom. The van der Waals surface area contributed by atoms with E-state index in [1.165, 1.54) is 0 Å². The number of carbonyl (C=O) groups excluding carboxylic acids is 1. The predicted molar refractivity (Wildman–Crippen MR) is 71.9 cm³/mol. The summed E-state index contributed by atoms with van der Waals surface area (Å²) in [6.07, 6.45) is 3.40. The second-order valence-corrected chi connectivity index (χ2v) is 3.92. The third kappa shape index (κ3) is 4.02. The normalized spacial score (nSPS) is 9.95. The average molecular weight is 260 g/mol. The van der Waals surface area contributed by atoms with Crippen LogP contribution in [0.2, 0.25) is 0 Å². The molecular weight excluding hydrogens is 244 g/mol. The van der Waals surface area contributed by atoms with Gasteiger partial charge in [0.1, 0.15) is 5.75 Å². The van der Waals surface area contributed by atoms with Crippen molar-refractivity contribution in [2.24, 2.45) is 0 Å². The van der Waals surface area contributed by atoms with Gasteiger partial charge in [0.2, 0.25) is 0 Å². The van der Waals surface area contributed by atoms with Crippen molar-refractivity contribution in [1.29, 1.82) is 0 Å². The van der Waals surface area contributed by atoms with Gasteiger partial charge in [0.15, 0.2) is 6.61 Å². The van der Waals surface area contributed by atoms with E-state index in [-0.39, 0.29) is 12.5 Å². The van der Waals surface area contributed by atoms with Crippen molar-refractivity contribution in [1.82, 2.24) is 15.3 Å². The van der Waals surface area contributed by atoms with Crippen molar-refractivity contribution in [3.05, 3.63) is 42.5 Å². The summed E-state index contributed by atoms with van der Waals surface area (Å²) < 4.78 is 5.36. The zero-order chi connectivity index (χ0) is 13.5. The minimum absolute atomic E-state index is 0.0144. The van der Waals surface area contributed by atoms with Crippen LogP contribution in [-0.4, -0.2) is 29.5 Å². The highest BCUT2D eigenvalue weighted by Gasteiger charge is 2.01. The number of hydrogen-bond donors (Lipinski definition) is 3. The van der Waals surface area contributed by atoms with E-state index in [4.69, 9.17) is 4.74 Å². The molecule has 0 aliphatic rings. The van der Waals surface area contributed by atoms with E-state index < -0.39 is 0 Å². The number of likely N-dealkylation sites (N-methyl/N-ethyl adjacent to an activating group) is 1. The van der Waals surface area contributed by atoms with E-state index in [1.807, 2.05) is 24.3 Å². The Hall–Kier alpha value is -2.50. The third-order valence-electron chi connectivity index (χ3n) is 2.52. The Morgan fingerprint density at radius 3 is 3.11 bits per heavy atom. The van der Waals surface area contributed by atoms with E-state index in [2.05, 4.69) is 20.6 Å². The average Bonchev–Trinajstić information content (AvgIpc) is 2.96. The van der Waals surface area contributed by atoms with Gasteiger partial charge in [-0.15, -0.1) is 0 Å². The van der Waals surface area contributed by atoms with Crippen LogP contribution < -0.4 is 15.4 Å². The van der Waals surface area contributed by atoms with Crippen molar-refractivity contribution < 1.29 is 9.53 Å². The fourth-order valence-electron chi connectivity index (χ4n) is 1.50. The van der Waals surface area contributed by atoms with Crippen LogP contribution in [-0.2, 0) is 11.3 Å². The van der Waals surface area contributed by atoms with Gasteiger partial charge in [-0.25, -0.2) is 4.98 Å². The molecule has 2 rings (SSSR count). The molecular formula is C13H16N4O2. The number of hydrogen-bond acceptors (Lipinski definition) is 4. The maximum absolute atomic E-state index is 11.1. The number of aromatic amines is 1. The molecule has 0 atom stereocenters. The van der Waals surface area contributed by atoms with Gasteiger partial charge in [-0.3, -0.25) is 4.79 Å². The van der Waals surface area contributed by atoms with Gasteiger partial charge >= 0.3 is 0 Å². The lowest BCUT2D eigenvalue weighted by Gasteiger charge is -2.08. The number of nitrogens with one attached hydrogen (secondary N) is 3. The first-order valence-corrected chi connectivity index (χ1v) is 5.92. The Kier molecular flexibility index (Phi) is 4.39. The summed E-state index contributed by atoms with van der Waals surface area (Å²) in [6, 6.07) is 7.46. The van der Waals surface area contributed by atoms with E-state index >= 15 is 0 Å². The Morgan fingerprint density at radius 2 is 2.37 bits per heavy atom. The van der Waals surface area contributed by atoms with E-state index in [9.17, 15) is 4.79 Å².